The van der Waals surface area contributed by atoms with Crippen LogP contribution in [-0.4, -0.2) is 36.6 Å². The molecule has 0 aliphatic carbocycles. The van der Waals surface area contributed by atoms with Gasteiger partial charge in [-0.25, -0.2) is 0 Å². The van der Waals surface area contributed by atoms with Crippen LogP contribution in [0.5, 0.6) is 0 Å². The van der Waals surface area contributed by atoms with Gasteiger partial charge in [0.2, 0.25) is 5.91 Å². The van der Waals surface area contributed by atoms with Crippen molar-refractivity contribution in [3.63, 3.8) is 0 Å². The van der Waals surface area contributed by atoms with Gasteiger partial charge in [-0.3, -0.25) is 4.79 Å². The van der Waals surface area contributed by atoms with Crippen molar-refractivity contribution >= 4 is 5.91 Å². The largest absolute Gasteiger partial charge is 0.376 e. The maximum Gasteiger partial charge on any atom is 0.222 e. The van der Waals surface area contributed by atoms with E-state index in [1.54, 1.807) is 4.90 Å². The molecule has 0 aromatic heterocycles. The summed E-state index contributed by atoms with van der Waals surface area (Å²) in [5.41, 5.74) is 0. The van der Waals surface area contributed by atoms with Crippen LogP contribution in [-0.2, 0) is 9.53 Å². The second-order valence-electron chi connectivity index (χ2n) is 4.15. The SMILES string of the molecule is CC(C)OC(C)C.CN1CCCC1=O. The predicted octanol–water partition coefficient (Wildman–Crippen LogP) is 2.06. The minimum Gasteiger partial charge on any atom is -0.376 e. The summed E-state index contributed by atoms with van der Waals surface area (Å²) in [7, 11) is 1.84. The summed E-state index contributed by atoms with van der Waals surface area (Å²) in [4.78, 5) is 12.3. The first-order chi connectivity index (χ1) is 6.43. The van der Waals surface area contributed by atoms with Crippen LogP contribution < -0.4 is 0 Å². The first-order valence-corrected chi connectivity index (χ1v) is 5.33. The number of rotatable bonds is 2. The van der Waals surface area contributed by atoms with Crippen molar-refractivity contribution in [2.45, 2.75) is 52.7 Å². The molecule has 84 valence electrons. The normalized spacial score (nSPS) is 16.2. The Morgan fingerprint density at radius 1 is 1.21 bits per heavy atom. The van der Waals surface area contributed by atoms with Crippen LogP contribution in [0.15, 0.2) is 0 Å². The molecule has 1 rings (SSSR count). The highest BCUT2D eigenvalue weighted by atomic mass is 16.5. The predicted molar refractivity (Wildman–Crippen MR) is 58.2 cm³/mol. The molecule has 1 aliphatic rings. The van der Waals surface area contributed by atoms with Gasteiger partial charge < -0.3 is 9.64 Å². The lowest BCUT2D eigenvalue weighted by atomic mass is 10.4. The van der Waals surface area contributed by atoms with E-state index >= 15 is 0 Å². The number of carbonyl (C=O) groups is 1. The Balaban J connectivity index is 0.000000241. The summed E-state index contributed by atoms with van der Waals surface area (Å²) in [6.07, 6.45) is 2.56. The van der Waals surface area contributed by atoms with E-state index in [0.29, 0.717) is 18.1 Å². The summed E-state index contributed by atoms with van der Waals surface area (Å²) >= 11 is 0. The number of hydrogen-bond donors (Lipinski definition) is 0. The van der Waals surface area contributed by atoms with Crippen LogP contribution in [0.1, 0.15) is 40.5 Å². The van der Waals surface area contributed by atoms with E-state index in [0.717, 1.165) is 19.4 Å². The number of nitrogens with zero attached hydrogens (tertiary/aromatic N) is 1. The van der Waals surface area contributed by atoms with E-state index in [9.17, 15) is 4.79 Å². The van der Waals surface area contributed by atoms with Crippen LogP contribution in [0, 0.1) is 0 Å². The summed E-state index contributed by atoms with van der Waals surface area (Å²) in [5.74, 6) is 0.292. The summed E-state index contributed by atoms with van der Waals surface area (Å²) in [6.45, 7) is 9.12. The van der Waals surface area contributed by atoms with Crippen LogP contribution in [0.3, 0.4) is 0 Å². The molecule has 14 heavy (non-hydrogen) atoms. The summed E-state index contributed by atoms with van der Waals surface area (Å²) in [6, 6.07) is 0. The molecule has 3 nitrogen and oxygen atoms in total. The molecule has 1 aliphatic heterocycles. The minimum atomic E-state index is 0.292. The fraction of sp³-hybridized carbons (Fsp3) is 0.909. The molecule has 0 atom stereocenters. The Hall–Kier alpha value is -0.570. The number of amides is 1. The van der Waals surface area contributed by atoms with Crippen molar-refractivity contribution in [1.29, 1.82) is 0 Å². The Morgan fingerprint density at radius 3 is 1.79 bits per heavy atom. The molecular formula is C11H23NO2. The first-order valence-electron chi connectivity index (χ1n) is 5.33. The third-order valence-corrected chi connectivity index (χ3v) is 1.85. The van der Waals surface area contributed by atoms with Gasteiger partial charge in [-0.15, -0.1) is 0 Å². The van der Waals surface area contributed by atoms with Crippen molar-refractivity contribution in [2.75, 3.05) is 13.6 Å². The van der Waals surface area contributed by atoms with Crippen LogP contribution in [0.25, 0.3) is 0 Å². The zero-order chi connectivity index (χ0) is 11.1. The lowest BCUT2D eigenvalue weighted by Gasteiger charge is -2.09. The molecule has 0 aromatic carbocycles. The molecule has 1 heterocycles. The Bertz CT molecular complexity index is 161. The van der Waals surface area contributed by atoms with Crippen molar-refractivity contribution in [3.05, 3.63) is 0 Å². The molecule has 0 N–H and O–H groups in total. The smallest absolute Gasteiger partial charge is 0.222 e. The number of ether oxygens (including phenoxy) is 1. The molecule has 0 spiro atoms. The highest BCUT2D eigenvalue weighted by molar-refractivity contribution is 5.77. The number of likely N-dealkylation sites (tertiary alicyclic amines) is 1. The zero-order valence-corrected chi connectivity index (χ0v) is 10.0. The van der Waals surface area contributed by atoms with E-state index < -0.39 is 0 Å². The molecule has 0 unspecified atom stereocenters. The summed E-state index contributed by atoms with van der Waals surface area (Å²) in [5, 5.41) is 0. The average molecular weight is 201 g/mol. The fourth-order valence-corrected chi connectivity index (χ4v) is 1.33. The van der Waals surface area contributed by atoms with Crippen LogP contribution in [0.4, 0.5) is 0 Å². The molecule has 1 fully saturated rings. The van der Waals surface area contributed by atoms with Gasteiger partial charge in [0.05, 0.1) is 12.2 Å². The first kappa shape index (κ1) is 13.4. The third-order valence-electron chi connectivity index (χ3n) is 1.85. The van der Waals surface area contributed by atoms with Crippen molar-refractivity contribution in [1.82, 2.24) is 4.90 Å². The second-order valence-corrected chi connectivity index (χ2v) is 4.15. The molecule has 1 saturated heterocycles. The van der Waals surface area contributed by atoms with Crippen molar-refractivity contribution in [2.24, 2.45) is 0 Å². The third kappa shape index (κ3) is 6.89. The van der Waals surface area contributed by atoms with Gasteiger partial charge in [-0.2, -0.15) is 0 Å². The van der Waals surface area contributed by atoms with E-state index in [4.69, 9.17) is 4.74 Å². The zero-order valence-electron chi connectivity index (χ0n) is 10.0. The molecular weight excluding hydrogens is 178 g/mol. The Labute approximate surface area is 87.4 Å². The highest BCUT2D eigenvalue weighted by Gasteiger charge is 2.14. The van der Waals surface area contributed by atoms with Gasteiger partial charge in [-0.05, 0) is 34.1 Å². The lowest BCUT2D eigenvalue weighted by Crippen LogP contribution is -2.17. The fourth-order valence-electron chi connectivity index (χ4n) is 1.33. The second kappa shape index (κ2) is 6.82. The summed E-state index contributed by atoms with van der Waals surface area (Å²) < 4.78 is 5.25. The molecule has 0 saturated carbocycles. The van der Waals surface area contributed by atoms with E-state index in [1.165, 1.54) is 0 Å². The van der Waals surface area contributed by atoms with Crippen LogP contribution >= 0.6 is 0 Å². The van der Waals surface area contributed by atoms with E-state index in [-0.39, 0.29) is 0 Å². The maximum absolute atomic E-state index is 10.5. The van der Waals surface area contributed by atoms with E-state index in [2.05, 4.69) is 0 Å². The van der Waals surface area contributed by atoms with Gasteiger partial charge in [0.15, 0.2) is 0 Å². The molecule has 3 heteroatoms. The van der Waals surface area contributed by atoms with Gasteiger partial charge in [0, 0.05) is 20.0 Å². The Kier molecular flexibility index (Phi) is 6.54. The molecule has 0 aromatic rings. The van der Waals surface area contributed by atoms with Crippen molar-refractivity contribution in [3.8, 4) is 0 Å². The topological polar surface area (TPSA) is 29.5 Å². The number of hydrogen-bond acceptors (Lipinski definition) is 2. The quantitative estimate of drug-likeness (QED) is 0.684. The standard InChI is InChI=1S/C6H14O.C5H9NO/c1-5(2)7-6(3)4;1-6-4-2-3-5(6)7/h5-6H,1-4H3;2-4H2,1H3. The highest BCUT2D eigenvalue weighted by Crippen LogP contribution is 2.04. The minimum absolute atomic E-state index is 0.292. The van der Waals surface area contributed by atoms with Gasteiger partial charge >= 0.3 is 0 Å². The number of carbonyl (C=O) groups excluding carboxylic acids is 1. The van der Waals surface area contributed by atoms with E-state index in [1.807, 2.05) is 34.7 Å². The van der Waals surface area contributed by atoms with Gasteiger partial charge in [0.25, 0.3) is 0 Å². The molecule has 0 radical (unpaired) electrons. The van der Waals surface area contributed by atoms with Gasteiger partial charge in [-0.1, -0.05) is 0 Å². The molecule has 1 amide bonds. The molecule has 0 bridgehead atoms. The van der Waals surface area contributed by atoms with Crippen LogP contribution in [0.2, 0.25) is 0 Å². The maximum atomic E-state index is 10.5. The Morgan fingerprint density at radius 2 is 1.71 bits per heavy atom. The monoisotopic (exact) mass is 201 g/mol. The lowest BCUT2D eigenvalue weighted by molar-refractivity contribution is -0.126. The van der Waals surface area contributed by atoms with Crippen molar-refractivity contribution < 1.29 is 9.53 Å². The van der Waals surface area contributed by atoms with Gasteiger partial charge in [0.1, 0.15) is 0 Å². The average Bonchev–Trinajstić information content (AvgIpc) is 2.34.